The lowest BCUT2D eigenvalue weighted by atomic mass is 10.1. The molecule has 0 saturated carbocycles. The van der Waals surface area contributed by atoms with E-state index in [0.717, 1.165) is 5.56 Å². The second kappa shape index (κ2) is 7.72. The Bertz CT molecular complexity index is 831. The average Bonchev–Trinajstić information content (AvgIpc) is 3.13. The van der Waals surface area contributed by atoms with E-state index >= 15 is 0 Å². The first-order valence-electron chi connectivity index (χ1n) is 7.95. The van der Waals surface area contributed by atoms with Gasteiger partial charge < -0.3 is 10.4 Å². The lowest BCUT2D eigenvalue weighted by Gasteiger charge is -2.11. The molecule has 6 heteroatoms. The number of rotatable bonds is 6. The minimum absolute atomic E-state index is 0.298. The molecule has 1 unspecified atom stereocenters. The van der Waals surface area contributed by atoms with Crippen LogP contribution >= 0.6 is 0 Å². The van der Waals surface area contributed by atoms with Crippen LogP contribution in [0.2, 0.25) is 0 Å². The van der Waals surface area contributed by atoms with Crippen LogP contribution in [0.15, 0.2) is 60.8 Å². The smallest absolute Gasteiger partial charge is 0.255 e. The molecule has 0 radical (unpaired) electrons. The van der Waals surface area contributed by atoms with Crippen molar-refractivity contribution in [3.05, 3.63) is 77.7 Å². The monoisotopic (exact) mass is 339 g/mol. The van der Waals surface area contributed by atoms with Gasteiger partial charge in [-0.1, -0.05) is 30.3 Å². The molecule has 3 aromatic rings. The third-order valence-corrected chi connectivity index (χ3v) is 3.90. The Labute approximate surface area is 144 Å². The minimum Gasteiger partial charge on any atom is -0.388 e. The molecule has 0 bridgehead atoms. The van der Waals surface area contributed by atoms with Gasteiger partial charge in [0.05, 0.1) is 23.6 Å². The second-order valence-corrected chi connectivity index (χ2v) is 5.64. The highest BCUT2D eigenvalue weighted by atomic mass is 19.1. The number of benzene rings is 2. The van der Waals surface area contributed by atoms with E-state index in [1.165, 1.54) is 18.3 Å². The highest BCUT2D eigenvalue weighted by Crippen LogP contribution is 2.21. The standard InChI is InChI=1S/C19H18FN3O2/c20-15-8-6-14(7-9-15)18-16(12-22-23-18)19(25)21-11-10-17(24)13-4-2-1-3-5-13/h1-9,12,17,24H,10-11H2,(H,21,25)(H,22,23). The summed E-state index contributed by atoms with van der Waals surface area (Å²) in [6.45, 7) is 0.322. The number of aromatic amines is 1. The molecule has 3 N–H and O–H groups in total. The van der Waals surface area contributed by atoms with Gasteiger partial charge in [-0.2, -0.15) is 5.10 Å². The molecule has 0 aliphatic rings. The molecule has 1 atom stereocenters. The van der Waals surface area contributed by atoms with Crippen LogP contribution in [0.4, 0.5) is 4.39 Å². The number of halogens is 1. The van der Waals surface area contributed by atoms with Crippen molar-refractivity contribution in [2.45, 2.75) is 12.5 Å². The Kier molecular flexibility index (Phi) is 5.20. The van der Waals surface area contributed by atoms with Crippen LogP contribution in [-0.4, -0.2) is 27.8 Å². The van der Waals surface area contributed by atoms with E-state index in [2.05, 4.69) is 15.5 Å². The molecule has 0 fully saturated rings. The summed E-state index contributed by atoms with van der Waals surface area (Å²) in [7, 11) is 0. The number of nitrogens with zero attached hydrogens (tertiary/aromatic N) is 1. The molecule has 1 aromatic heterocycles. The summed E-state index contributed by atoms with van der Waals surface area (Å²) in [4.78, 5) is 12.4. The van der Waals surface area contributed by atoms with Gasteiger partial charge in [-0.05, 0) is 36.2 Å². The molecule has 3 rings (SSSR count). The van der Waals surface area contributed by atoms with Gasteiger partial charge in [0, 0.05) is 12.1 Å². The number of carbonyl (C=O) groups excluding carboxylic acids is 1. The first-order chi connectivity index (χ1) is 12.1. The number of aromatic nitrogens is 2. The molecule has 128 valence electrons. The van der Waals surface area contributed by atoms with Crippen LogP contribution in [0.5, 0.6) is 0 Å². The van der Waals surface area contributed by atoms with Gasteiger partial charge in [0.2, 0.25) is 0 Å². The van der Waals surface area contributed by atoms with Gasteiger partial charge >= 0.3 is 0 Å². The van der Waals surface area contributed by atoms with Crippen LogP contribution in [0.3, 0.4) is 0 Å². The molecule has 0 spiro atoms. The number of amides is 1. The molecule has 0 aliphatic carbocycles. The topological polar surface area (TPSA) is 78.0 Å². The Hall–Kier alpha value is -2.99. The van der Waals surface area contributed by atoms with Crippen molar-refractivity contribution < 1.29 is 14.3 Å². The molecule has 1 amide bonds. The molecule has 25 heavy (non-hydrogen) atoms. The van der Waals surface area contributed by atoms with E-state index in [9.17, 15) is 14.3 Å². The SMILES string of the molecule is O=C(NCCC(O)c1ccccc1)c1cn[nH]c1-c1ccc(F)cc1. The number of aliphatic hydroxyl groups is 1. The predicted molar refractivity (Wildman–Crippen MR) is 92.3 cm³/mol. The summed E-state index contributed by atoms with van der Waals surface area (Å²) in [5.41, 5.74) is 2.39. The van der Waals surface area contributed by atoms with Gasteiger partial charge in [-0.15, -0.1) is 0 Å². The maximum Gasteiger partial charge on any atom is 0.255 e. The van der Waals surface area contributed by atoms with Gasteiger partial charge in [-0.25, -0.2) is 4.39 Å². The highest BCUT2D eigenvalue weighted by molar-refractivity contribution is 5.99. The lowest BCUT2D eigenvalue weighted by molar-refractivity contribution is 0.0943. The van der Waals surface area contributed by atoms with Crippen LogP contribution < -0.4 is 5.32 Å². The van der Waals surface area contributed by atoms with E-state index in [-0.39, 0.29) is 11.7 Å². The van der Waals surface area contributed by atoms with Gasteiger partial charge in [0.25, 0.3) is 5.91 Å². The van der Waals surface area contributed by atoms with Crippen molar-refractivity contribution in [1.29, 1.82) is 0 Å². The summed E-state index contributed by atoms with van der Waals surface area (Å²) in [6, 6.07) is 15.1. The van der Waals surface area contributed by atoms with Crippen molar-refractivity contribution >= 4 is 5.91 Å². The van der Waals surface area contributed by atoms with Crippen LogP contribution in [0.1, 0.15) is 28.4 Å². The van der Waals surface area contributed by atoms with Crippen molar-refractivity contribution in [3.8, 4) is 11.3 Å². The van der Waals surface area contributed by atoms with E-state index < -0.39 is 6.10 Å². The molecule has 0 saturated heterocycles. The Morgan fingerprint density at radius 3 is 2.60 bits per heavy atom. The summed E-state index contributed by atoms with van der Waals surface area (Å²) in [5.74, 6) is -0.641. The number of hydrogen-bond acceptors (Lipinski definition) is 3. The summed E-state index contributed by atoms with van der Waals surface area (Å²) in [5, 5.41) is 19.6. The molecule has 0 aliphatic heterocycles. The fraction of sp³-hybridized carbons (Fsp3) is 0.158. The molecule has 5 nitrogen and oxygen atoms in total. The summed E-state index contributed by atoms with van der Waals surface area (Å²) < 4.78 is 13.0. The normalized spacial score (nSPS) is 11.9. The van der Waals surface area contributed by atoms with E-state index in [4.69, 9.17) is 0 Å². The third kappa shape index (κ3) is 4.10. The molecule has 1 heterocycles. The first-order valence-corrected chi connectivity index (χ1v) is 7.95. The van der Waals surface area contributed by atoms with Crippen molar-refractivity contribution in [2.75, 3.05) is 6.54 Å². The fourth-order valence-electron chi connectivity index (χ4n) is 2.55. The minimum atomic E-state index is -0.637. The van der Waals surface area contributed by atoms with Crippen molar-refractivity contribution in [2.24, 2.45) is 0 Å². The third-order valence-electron chi connectivity index (χ3n) is 3.90. The maximum atomic E-state index is 13.0. The largest absolute Gasteiger partial charge is 0.388 e. The number of carbonyl (C=O) groups is 1. The number of H-pyrrole nitrogens is 1. The first kappa shape index (κ1) is 16.9. The Morgan fingerprint density at radius 1 is 1.16 bits per heavy atom. The van der Waals surface area contributed by atoms with E-state index in [1.54, 1.807) is 12.1 Å². The Morgan fingerprint density at radius 2 is 1.88 bits per heavy atom. The average molecular weight is 339 g/mol. The van der Waals surface area contributed by atoms with Crippen LogP contribution in [0, 0.1) is 5.82 Å². The zero-order valence-electron chi connectivity index (χ0n) is 13.4. The highest BCUT2D eigenvalue weighted by Gasteiger charge is 2.15. The lowest BCUT2D eigenvalue weighted by Crippen LogP contribution is -2.25. The van der Waals surface area contributed by atoms with Crippen molar-refractivity contribution in [3.63, 3.8) is 0 Å². The van der Waals surface area contributed by atoms with Gasteiger partial charge in [-0.3, -0.25) is 9.89 Å². The number of hydrogen-bond donors (Lipinski definition) is 3. The quantitative estimate of drug-likeness (QED) is 0.646. The van der Waals surface area contributed by atoms with Crippen LogP contribution in [-0.2, 0) is 0 Å². The summed E-state index contributed by atoms with van der Waals surface area (Å²) in [6.07, 6.45) is 1.20. The van der Waals surface area contributed by atoms with Gasteiger partial charge in [0.15, 0.2) is 0 Å². The molecule has 2 aromatic carbocycles. The maximum absolute atomic E-state index is 13.0. The predicted octanol–water partition coefficient (Wildman–Crippen LogP) is 3.07. The van der Waals surface area contributed by atoms with Crippen LogP contribution in [0.25, 0.3) is 11.3 Å². The summed E-state index contributed by atoms with van der Waals surface area (Å²) >= 11 is 0. The van der Waals surface area contributed by atoms with Gasteiger partial charge in [0.1, 0.15) is 5.82 Å². The molecular formula is C19H18FN3O2. The van der Waals surface area contributed by atoms with Crippen molar-refractivity contribution in [1.82, 2.24) is 15.5 Å². The zero-order valence-corrected chi connectivity index (χ0v) is 13.4. The van der Waals surface area contributed by atoms with E-state index in [0.29, 0.717) is 29.8 Å². The molecular weight excluding hydrogens is 321 g/mol. The van der Waals surface area contributed by atoms with E-state index in [1.807, 2.05) is 30.3 Å². The zero-order chi connectivity index (χ0) is 17.6. The Balaban J connectivity index is 1.61. The number of aliphatic hydroxyl groups excluding tert-OH is 1. The second-order valence-electron chi connectivity index (χ2n) is 5.64. The fourth-order valence-corrected chi connectivity index (χ4v) is 2.55. The number of nitrogens with one attached hydrogen (secondary N) is 2.